The van der Waals surface area contributed by atoms with E-state index in [2.05, 4.69) is 34.2 Å². The molecule has 38 heavy (non-hydrogen) atoms. The number of aliphatic hydroxyl groups is 1. The van der Waals surface area contributed by atoms with E-state index in [9.17, 15) is 23.1 Å². The van der Waals surface area contributed by atoms with Gasteiger partial charge in [0.05, 0.1) is 16.7 Å². The first-order valence-electron chi connectivity index (χ1n) is 13.3. The van der Waals surface area contributed by atoms with Crippen molar-refractivity contribution in [2.24, 2.45) is 23.2 Å². The second kappa shape index (κ2) is 9.91. The summed E-state index contributed by atoms with van der Waals surface area (Å²) >= 11 is 1.35. The molecule has 2 saturated carbocycles. The van der Waals surface area contributed by atoms with E-state index in [1.54, 1.807) is 12.1 Å². The van der Waals surface area contributed by atoms with Crippen molar-refractivity contribution in [2.75, 3.05) is 10.0 Å². The molecule has 0 radical (unpaired) electrons. The summed E-state index contributed by atoms with van der Waals surface area (Å²) in [7, 11) is -3.87. The van der Waals surface area contributed by atoms with E-state index in [1.807, 2.05) is 6.92 Å². The summed E-state index contributed by atoms with van der Waals surface area (Å²) < 4.78 is 28.7. The second-order valence-electron chi connectivity index (χ2n) is 11.5. The number of fused-ring (bicyclic) bond motifs is 2. The molecule has 1 aromatic heterocycles. The third-order valence-electron chi connectivity index (χ3n) is 8.61. The Morgan fingerprint density at radius 1 is 1.18 bits per heavy atom. The van der Waals surface area contributed by atoms with Gasteiger partial charge in [0.1, 0.15) is 0 Å². The van der Waals surface area contributed by atoms with Crippen LogP contribution in [0.15, 0.2) is 29.2 Å². The van der Waals surface area contributed by atoms with Gasteiger partial charge >= 0.3 is 0 Å². The standard InChI is InChI=1S/C27H36N4O5S2/c1-14(25(34)29-18-5-6-18)20-11-12-27(4)13-21-23(15(2)22(27)24(20)33)30-26(37-21)31-38(35,36)19-9-7-17(8-10-19)28-16(3)32/h7-10,14-15,18,20,22,24,33H,5-6,11-13H2,1-4H3,(H,28,32)(H,29,34)(H,30,31)/t14-,15-,20-,22+,24-,27+/m0/s1. The van der Waals surface area contributed by atoms with Crippen molar-refractivity contribution in [2.45, 2.75) is 82.8 Å². The summed E-state index contributed by atoms with van der Waals surface area (Å²) in [5.41, 5.74) is 1.19. The number of amides is 2. The van der Waals surface area contributed by atoms with Crippen molar-refractivity contribution in [1.29, 1.82) is 0 Å². The number of anilines is 2. The minimum atomic E-state index is -3.87. The van der Waals surface area contributed by atoms with Gasteiger partial charge in [0.15, 0.2) is 5.13 Å². The van der Waals surface area contributed by atoms with Gasteiger partial charge in [0.25, 0.3) is 10.0 Å². The summed E-state index contributed by atoms with van der Waals surface area (Å²) in [4.78, 5) is 29.8. The SMILES string of the molecule is CC(=O)Nc1ccc(S(=O)(=O)Nc2nc3c(s2)C[C@@]2(C)CC[C@@H]([C@H](C)C(=O)NC4CC4)[C@H](O)[C@H]2[C@@H]3C)cc1. The van der Waals surface area contributed by atoms with Gasteiger partial charge in [-0.2, -0.15) is 0 Å². The molecule has 0 unspecified atom stereocenters. The van der Waals surface area contributed by atoms with Crippen LogP contribution in [0.2, 0.25) is 0 Å². The Balaban J connectivity index is 1.34. The highest BCUT2D eigenvalue weighted by atomic mass is 32.2. The molecule has 2 amide bonds. The Kier molecular flexibility index (Phi) is 7.06. The van der Waals surface area contributed by atoms with Gasteiger partial charge in [-0.05, 0) is 73.6 Å². The topological polar surface area (TPSA) is 137 Å². The minimum Gasteiger partial charge on any atom is -0.392 e. The highest BCUT2D eigenvalue weighted by molar-refractivity contribution is 7.93. The molecule has 3 aliphatic rings. The molecule has 5 rings (SSSR count). The van der Waals surface area contributed by atoms with Crippen LogP contribution in [0.1, 0.15) is 69.9 Å². The average Bonchev–Trinajstić information content (AvgIpc) is 3.56. The van der Waals surface area contributed by atoms with Gasteiger partial charge in [-0.3, -0.25) is 14.3 Å². The first kappa shape index (κ1) is 27.1. The fourth-order valence-corrected chi connectivity index (χ4v) is 8.94. The van der Waals surface area contributed by atoms with Gasteiger partial charge in [0, 0.05) is 35.4 Å². The predicted octanol–water partition coefficient (Wildman–Crippen LogP) is 3.87. The third kappa shape index (κ3) is 5.20. The largest absolute Gasteiger partial charge is 0.392 e. The number of aromatic nitrogens is 1. The Morgan fingerprint density at radius 3 is 2.50 bits per heavy atom. The lowest BCUT2D eigenvalue weighted by molar-refractivity contribution is -0.134. The highest BCUT2D eigenvalue weighted by Crippen LogP contribution is 2.57. The normalized spacial score (nSPS) is 29.5. The van der Waals surface area contributed by atoms with Crippen molar-refractivity contribution in [3.63, 3.8) is 0 Å². The van der Waals surface area contributed by atoms with Crippen LogP contribution >= 0.6 is 11.3 Å². The van der Waals surface area contributed by atoms with Gasteiger partial charge in [-0.15, -0.1) is 11.3 Å². The number of carbonyl (C=O) groups is 2. The van der Waals surface area contributed by atoms with Crippen molar-refractivity contribution >= 4 is 44.0 Å². The monoisotopic (exact) mass is 560 g/mol. The van der Waals surface area contributed by atoms with Crippen molar-refractivity contribution in [3.05, 3.63) is 34.8 Å². The number of carbonyl (C=O) groups excluding carboxylic acids is 2. The van der Waals surface area contributed by atoms with Crippen LogP contribution in [0.3, 0.4) is 0 Å². The lowest BCUT2D eigenvalue weighted by atomic mass is 9.53. The van der Waals surface area contributed by atoms with Crippen molar-refractivity contribution in [3.8, 4) is 0 Å². The van der Waals surface area contributed by atoms with E-state index in [0.717, 1.165) is 36.3 Å². The van der Waals surface area contributed by atoms with Gasteiger partial charge in [0.2, 0.25) is 11.8 Å². The summed E-state index contributed by atoms with van der Waals surface area (Å²) in [6.07, 6.45) is 3.82. The smallest absolute Gasteiger partial charge is 0.263 e. The zero-order valence-electron chi connectivity index (χ0n) is 22.2. The number of benzene rings is 1. The van der Waals surface area contributed by atoms with E-state index in [1.165, 1.54) is 30.4 Å². The fourth-order valence-electron chi connectivity index (χ4n) is 6.44. The zero-order valence-corrected chi connectivity index (χ0v) is 23.8. The summed E-state index contributed by atoms with van der Waals surface area (Å²) in [6.45, 7) is 7.57. The van der Waals surface area contributed by atoms with Crippen LogP contribution in [0.4, 0.5) is 10.8 Å². The van der Waals surface area contributed by atoms with Crippen LogP contribution in [0.5, 0.6) is 0 Å². The lowest BCUT2D eigenvalue weighted by Gasteiger charge is -2.53. The third-order valence-corrected chi connectivity index (χ3v) is 11.1. The molecule has 11 heteroatoms. The molecule has 9 nitrogen and oxygen atoms in total. The van der Waals surface area contributed by atoms with E-state index in [-0.39, 0.29) is 45.8 Å². The Hall–Kier alpha value is -2.50. The molecule has 0 aliphatic heterocycles. The van der Waals surface area contributed by atoms with Crippen LogP contribution in [0.25, 0.3) is 0 Å². The molecule has 0 bridgehead atoms. The van der Waals surface area contributed by atoms with E-state index in [0.29, 0.717) is 23.3 Å². The maximum absolute atomic E-state index is 13.0. The number of hydrogen-bond acceptors (Lipinski definition) is 7. The van der Waals surface area contributed by atoms with Crippen molar-refractivity contribution in [1.82, 2.24) is 10.3 Å². The Labute approximate surface area is 227 Å². The van der Waals surface area contributed by atoms with Gasteiger partial charge in [-0.1, -0.05) is 20.8 Å². The number of hydrogen-bond donors (Lipinski definition) is 4. The molecule has 1 heterocycles. The highest BCUT2D eigenvalue weighted by Gasteiger charge is 2.54. The van der Waals surface area contributed by atoms with Gasteiger partial charge in [-0.25, -0.2) is 13.4 Å². The number of thiazole rings is 1. The molecule has 0 spiro atoms. The number of nitrogens with one attached hydrogen (secondary N) is 3. The van der Waals surface area contributed by atoms with E-state index in [4.69, 9.17) is 0 Å². The average molecular weight is 561 g/mol. The molecule has 1 aromatic carbocycles. The maximum atomic E-state index is 13.0. The first-order chi connectivity index (χ1) is 17.9. The van der Waals surface area contributed by atoms with Crippen LogP contribution < -0.4 is 15.4 Å². The van der Waals surface area contributed by atoms with E-state index >= 15 is 0 Å². The summed E-state index contributed by atoms with van der Waals surface area (Å²) in [5.74, 6) is -0.737. The number of rotatable bonds is 7. The zero-order chi connectivity index (χ0) is 27.4. The molecule has 2 aromatic rings. The second-order valence-corrected chi connectivity index (χ2v) is 14.3. The molecular weight excluding hydrogens is 524 g/mol. The molecule has 2 fully saturated rings. The number of nitrogens with zero attached hydrogens (tertiary/aromatic N) is 1. The summed E-state index contributed by atoms with van der Waals surface area (Å²) in [6, 6.07) is 6.26. The first-order valence-corrected chi connectivity index (χ1v) is 15.6. The fraction of sp³-hybridized carbons (Fsp3) is 0.593. The lowest BCUT2D eigenvalue weighted by Crippen LogP contribution is -2.53. The van der Waals surface area contributed by atoms with Crippen LogP contribution in [-0.4, -0.2) is 42.5 Å². The number of aliphatic hydroxyl groups excluding tert-OH is 1. The quantitative estimate of drug-likeness (QED) is 0.406. The molecular formula is C27H36N4O5S2. The maximum Gasteiger partial charge on any atom is 0.263 e. The van der Waals surface area contributed by atoms with Crippen LogP contribution in [-0.2, 0) is 26.0 Å². The van der Waals surface area contributed by atoms with Crippen LogP contribution in [0, 0.1) is 23.2 Å². The summed E-state index contributed by atoms with van der Waals surface area (Å²) in [5, 5.41) is 17.6. The Morgan fingerprint density at radius 2 is 1.87 bits per heavy atom. The number of sulfonamides is 1. The molecule has 0 saturated heterocycles. The van der Waals surface area contributed by atoms with Gasteiger partial charge < -0.3 is 15.7 Å². The Bertz CT molecular complexity index is 1340. The van der Waals surface area contributed by atoms with Crippen molar-refractivity contribution < 1.29 is 23.1 Å². The molecule has 4 N–H and O–H groups in total. The molecule has 206 valence electrons. The predicted molar refractivity (Wildman–Crippen MR) is 146 cm³/mol. The minimum absolute atomic E-state index is 0.0276. The molecule has 3 aliphatic carbocycles. The molecule has 6 atom stereocenters. The van der Waals surface area contributed by atoms with E-state index < -0.39 is 16.1 Å².